The van der Waals surface area contributed by atoms with Gasteiger partial charge in [-0.15, -0.1) is 10.2 Å². The van der Waals surface area contributed by atoms with Crippen LogP contribution in [0.3, 0.4) is 0 Å². The molecule has 7 heteroatoms. The highest BCUT2D eigenvalue weighted by atomic mass is 32.2. The van der Waals surface area contributed by atoms with Crippen molar-refractivity contribution in [3.63, 3.8) is 0 Å². The standard InChI is InChI=1S/C10H17N3O2S2/c1-3-16-5-4-8(2)13-7-11-12-10(13)17-6-9(14)15/h7-8H,3-6H2,1-2H3,(H,14,15). The van der Waals surface area contributed by atoms with Crippen molar-refractivity contribution in [3.05, 3.63) is 6.33 Å². The van der Waals surface area contributed by atoms with Gasteiger partial charge >= 0.3 is 5.97 Å². The molecule has 1 unspecified atom stereocenters. The van der Waals surface area contributed by atoms with E-state index < -0.39 is 5.97 Å². The molecule has 1 aromatic rings. The van der Waals surface area contributed by atoms with E-state index in [2.05, 4.69) is 24.0 Å². The Kier molecular flexibility index (Phi) is 6.43. The van der Waals surface area contributed by atoms with Gasteiger partial charge in [0.05, 0.1) is 5.75 Å². The van der Waals surface area contributed by atoms with Gasteiger partial charge in [0.2, 0.25) is 0 Å². The molecule has 0 spiro atoms. The molecule has 0 fully saturated rings. The van der Waals surface area contributed by atoms with Crippen molar-refractivity contribution < 1.29 is 9.90 Å². The average molecular weight is 275 g/mol. The lowest BCUT2D eigenvalue weighted by molar-refractivity contribution is -0.133. The Morgan fingerprint density at radius 3 is 3.06 bits per heavy atom. The van der Waals surface area contributed by atoms with Gasteiger partial charge in [0.25, 0.3) is 0 Å². The molecule has 1 aromatic heterocycles. The van der Waals surface area contributed by atoms with Crippen molar-refractivity contribution in [3.8, 4) is 0 Å². The molecule has 5 nitrogen and oxygen atoms in total. The van der Waals surface area contributed by atoms with E-state index in [9.17, 15) is 4.79 Å². The predicted molar refractivity (Wildman–Crippen MR) is 70.7 cm³/mol. The molecule has 0 aliphatic carbocycles. The Balaban J connectivity index is 2.51. The summed E-state index contributed by atoms with van der Waals surface area (Å²) in [5.74, 6) is 1.41. The normalized spacial score (nSPS) is 12.6. The Labute approximate surface area is 109 Å². The number of carboxylic acid groups (broad SMARTS) is 1. The van der Waals surface area contributed by atoms with Crippen LogP contribution in [0.2, 0.25) is 0 Å². The van der Waals surface area contributed by atoms with Gasteiger partial charge in [0.1, 0.15) is 6.33 Å². The van der Waals surface area contributed by atoms with Crippen LogP contribution in [0.15, 0.2) is 11.5 Å². The average Bonchev–Trinajstić information content (AvgIpc) is 2.74. The molecular weight excluding hydrogens is 258 g/mol. The lowest BCUT2D eigenvalue weighted by Crippen LogP contribution is -2.08. The summed E-state index contributed by atoms with van der Waals surface area (Å²) in [6, 6.07) is 0.306. The summed E-state index contributed by atoms with van der Waals surface area (Å²) in [6.07, 6.45) is 2.71. The smallest absolute Gasteiger partial charge is 0.313 e. The summed E-state index contributed by atoms with van der Waals surface area (Å²) in [6.45, 7) is 4.24. The number of rotatable bonds is 8. The fourth-order valence-electron chi connectivity index (χ4n) is 1.30. The van der Waals surface area contributed by atoms with Crippen molar-refractivity contribution in [2.24, 2.45) is 0 Å². The summed E-state index contributed by atoms with van der Waals surface area (Å²) in [5, 5.41) is 17.1. The molecule has 1 heterocycles. The monoisotopic (exact) mass is 275 g/mol. The highest BCUT2D eigenvalue weighted by Crippen LogP contribution is 2.21. The third kappa shape index (κ3) is 4.99. The fraction of sp³-hybridized carbons (Fsp3) is 0.700. The molecule has 17 heavy (non-hydrogen) atoms. The maximum absolute atomic E-state index is 10.5. The quantitative estimate of drug-likeness (QED) is 0.579. The van der Waals surface area contributed by atoms with Gasteiger partial charge in [0, 0.05) is 6.04 Å². The van der Waals surface area contributed by atoms with Gasteiger partial charge in [-0.25, -0.2) is 0 Å². The van der Waals surface area contributed by atoms with E-state index in [4.69, 9.17) is 5.11 Å². The van der Waals surface area contributed by atoms with Crippen LogP contribution >= 0.6 is 23.5 Å². The SMILES string of the molecule is CCSCCC(C)n1cnnc1SCC(=O)O. The van der Waals surface area contributed by atoms with Gasteiger partial charge in [-0.1, -0.05) is 18.7 Å². The zero-order chi connectivity index (χ0) is 12.7. The molecule has 0 bridgehead atoms. The molecule has 0 saturated carbocycles. The second-order valence-corrected chi connectivity index (χ2v) is 5.87. The minimum Gasteiger partial charge on any atom is -0.481 e. The molecule has 0 radical (unpaired) electrons. The molecule has 1 N–H and O–H groups in total. The summed E-state index contributed by atoms with van der Waals surface area (Å²) >= 11 is 3.12. The second-order valence-electron chi connectivity index (χ2n) is 3.54. The summed E-state index contributed by atoms with van der Waals surface area (Å²) in [4.78, 5) is 10.5. The first-order chi connectivity index (χ1) is 8.15. The van der Waals surface area contributed by atoms with Crippen molar-refractivity contribution in [2.45, 2.75) is 31.5 Å². The molecule has 96 valence electrons. The number of hydrogen-bond donors (Lipinski definition) is 1. The van der Waals surface area contributed by atoms with E-state index in [0.29, 0.717) is 11.2 Å². The zero-order valence-corrected chi connectivity index (χ0v) is 11.6. The van der Waals surface area contributed by atoms with E-state index in [0.717, 1.165) is 17.9 Å². The number of aromatic nitrogens is 3. The molecular formula is C10H17N3O2S2. The van der Waals surface area contributed by atoms with Gasteiger partial charge in [-0.05, 0) is 24.9 Å². The summed E-state index contributed by atoms with van der Waals surface area (Å²) in [5.41, 5.74) is 0. The molecule has 1 atom stereocenters. The molecule has 0 amide bonds. The van der Waals surface area contributed by atoms with Crippen LogP contribution < -0.4 is 0 Å². The zero-order valence-electron chi connectivity index (χ0n) is 10.00. The van der Waals surface area contributed by atoms with Crippen LogP contribution in [0.1, 0.15) is 26.3 Å². The van der Waals surface area contributed by atoms with Gasteiger partial charge in [-0.2, -0.15) is 11.8 Å². The Hall–Kier alpha value is -0.690. The first-order valence-electron chi connectivity index (χ1n) is 5.47. The maximum atomic E-state index is 10.5. The van der Waals surface area contributed by atoms with Crippen molar-refractivity contribution in [1.29, 1.82) is 0 Å². The van der Waals surface area contributed by atoms with Gasteiger partial charge in [0.15, 0.2) is 5.16 Å². The van der Waals surface area contributed by atoms with E-state index >= 15 is 0 Å². The minimum absolute atomic E-state index is 0.0229. The fourth-order valence-corrected chi connectivity index (χ4v) is 2.83. The number of carbonyl (C=O) groups is 1. The van der Waals surface area contributed by atoms with Gasteiger partial charge < -0.3 is 9.67 Å². The van der Waals surface area contributed by atoms with Crippen LogP contribution in [0.4, 0.5) is 0 Å². The van der Waals surface area contributed by atoms with Gasteiger partial charge in [-0.3, -0.25) is 4.79 Å². The first kappa shape index (κ1) is 14.4. The van der Waals surface area contributed by atoms with Crippen molar-refractivity contribution in [1.82, 2.24) is 14.8 Å². The largest absolute Gasteiger partial charge is 0.481 e. The molecule has 0 aliphatic heterocycles. The Morgan fingerprint density at radius 1 is 1.65 bits per heavy atom. The number of hydrogen-bond acceptors (Lipinski definition) is 5. The third-order valence-corrected chi connectivity index (χ3v) is 4.10. The number of carboxylic acids is 1. The van der Waals surface area contributed by atoms with Crippen molar-refractivity contribution >= 4 is 29.5 Å². The van der Waals surface area contributed by atoms with E-state index in [1.54, 1.807) is 6.33 Å². The first-order valence-corrected chi connectivity index (χ1v) is 7.61. The number of aliphatic carboxylic acids is 1. The Bertz CT molecular complexity index is 357. The summed E-state index contributed by atoms with van der Waals surface area (Å²) in [7, 11) is 0. The number of nitrogens with zero attached hydrogens (tertiary/aromatic N) is 3. The minimum atomic E-state index is -0.834. The summed E-state index contributed by atoms with van der Waals surface area (Å²) < 4.78 is 1.95. The van der Waals surface area contributed by atoms with Crippen LogP contribution in [0.5, 0.6) is 0 Å². The lowest BCUT2D eigenvalue weighted by Gasteiger charge is -2.14. The van der Waals surface area contributed by atoms with Crippen LogP contribution in [0.25, 0.3) is 0 Å². The van der Waals surface area contributed by atoms with E-state index in [-0.39, 0.29) is 5.75 Å². The predicted octanol–water partition coefficient (Wildman–Crippen LogP) is 2.16. The highest BCUT2D eigenvalue weighted by Gasteiger charge is 2.12. The highest BCUT2D eigenvalue weighted by molar-refractivity contribution is 7.99. The Morgan fingerprint density at radius 2 is 2.41 bits per heavy atom. The topological polar surface area (TPSA) is 68.0 Å². The van der Waals surface area contributed by atoms with E-state index in [1.807, 2.05) is 16.3 Å². The van der Waals surface area contributed by atoms with Crippen molar-refractivity contribution in [2.75, 3.05) is 17.3 Å². The lowest BCUT2D eigenvalue weighted by atomic mass is 10.3. The molecule has 0 saturated heterocycles. The number of thioether (sulfide) groups is 2. The molecule has 0 aromatic carbocycles. The second kappa shape index (κ2) is 7.60. The van der Waals surface area contributed by atoms with Crippen LogP contribution in [-0.4, -0.2) is 43.1 Å². The molecule has 1 rings (SSSR count). The maximum Gasteiger partial charge on any atom is 0.313 e. The van der Waals surface area contributed by atoms with Crippen LogP contribution in [-0.2, 0) is 4.79 Å². The van der Waals surface area contributed by atoms with E-state index in [1.165, 1.54) is 11.8 Å². The third-order valence-electron chi connectivity index (χ3n) is 2.22. The van der Waals surface area contributed by atoms with Crippen LogP contribution in [0, 0.1) is 0 Å². The molecule has 0 aliphatic rings.